The zero-order chi connectivity index (χ0) is 13.8. The van der Waals surface area contributed by atoms with Crippen LogP contribution < -0.4 is 5.32 Å². The van der Waals surface area contributed by atoms with Gasteiger partial charge in [0.1, 0.15) is 13.1 Å². The van der Waals surface area contributed by atoms with Gasteiger partial charge >= 0.3 is 11.9 Å². The molecule has 0 aromatic rings. The van der Waals surface area contributed by atoms with Gasteiger partial charge in [0, 0.05) is 5.41 Å². The van der Waals surface area contributed by atoms with Crippen LogP contribution in [0.3, 0.4) is 0 Å². The lowest BCUT2D eigenvalue weighted by molar-refractivity contribution is -0.154. The van der Waals surface area contributed by atoms with Crippen LogP contribution in [0.15, 0.2) is 0 Å². The van der Waals surface area contributed by atoms with Gasteiger partial charge in [-0.25, -0.2) is 0 Å². The SMILES string of the molecule is CC1(C(=O)N(CC(=O)O)CC(=O)O)CCNCC1. The molecule has 1 heterocycles. The fourth-order valence-corrected chi connectivity index (χ4v) is 2.10. The van der Waals surface area contributed by atoms with Gasteiger partial charge in [0.15, 0.2) is 0 Å². The van der Waals surface area contributed by atoms with Gasteiger partial charge in [0.05, 0.1) is 0 Å². The molecule has 18 heavy (non-hydrogen) atoms. The first-order chi connectivity index (χ1) is 8.35. The van der Waals surface area contributed by atoms with Crippen LogP contribution in [-0.2, 0) is 14.4 Å². The zero-order valence-electron chi connectivity index (χ0n) is 10.3. The highest BCUT2D eigenvalue weighted by atomic mass is 16.4. The summed E-state index contributed by atoms with van der Waals surface area (Å²) < 4.78 is 0. The topological polar surface area (TPSA) is 107 Å². The molecule has 1 aliphatic heterocycles. The number of hydrogen-bond donors (Lipinski definition) is 3. The molecule has 0 unspecified atom stereocenters. The quantitative estimate of drug-likeness (QED) is 0.606. The maximum atomic E-state index is 12.3. The maximum Gasteiger partial charge on any atom is 0.323 e. The molecule has 0 aromatic heterocycles. The molecule has 1 fully saturated rings. The normalized spacial score (nSPS) is 18.1. The van der Waals surface area contributed by atoms with Crippen LogP contribution in [0.2, 0.25) is 0 Å². The third kappa shape index (κ3) is 3.69. The number of carboxylic acid groups (broad SMARTS) is 2. The van der Waals surface area contributed by atoms with E-state index in [1.165, 1.54) is 0 Å². The summed E-state index contributed by atoms with van der Waals surface area (Å²) in [6.45, 7) is 1.96. The highest BCUT2D eigenvalue weighted by Crippen LogP contribution is 2.30. The number of amides is 1. The minimum Gasteiger partial charge on any atom is -0.480 e. The lowest BCUT2D eigenvalue weighted by Crippen LogP contribution is -2.50. The van der Waals surface area contributed by atoms with Crippen molar-refractivity contribution in [1.82, 2.24) is 10.2 Å². The van der Waals surface area contributed by atoms with Crippen molar-refractivity contribution in [2.45, 2.75) is 19.8 Å². The largest absolute Gasteiger partial charge is 0.480 e. The summed E-state index contributed by atoms with van der Waals surface area (Å²) in [5.41, 5.74) is -0.670. The van der Waals surface area contributed by atoms with E-state index in [1.54, 1.807) is 6.92 Å². The Kier molecular flexibility index (Phi) is 4.66. The van der Waals surface area contributed by atoms with Crippen molar-refractivity contribution in [3.8, 4) is 0 Å². The number of carbonyl (C=O) groups excluding carboxylic acids is 1. The van der Waals surface area contributed by atoms with Gasteiger partial charge in [-0.15, -0.1) is 0 Å². The minimum absolute atomic E-state index is 0.395. The second-order valence-electron chi connectivity index (χ2n) is 4.76. The third-order valence-electron chi connectivity index (χ3n) is 3.16. The number of piperidine rings is 1. The molecule has 7 nitrogen and oxygen atoms in total. The van der Waals surface area contributed by atoms with Crippen LogP contribution in [0.1, 0.15) is 19.8 Å². The lowest BCUT2D eigenvalue weighted by atomic mass is 9.79. The number of rotatable bonds is 5. The summed E-state index contributed by atoms with van der Waals surface area (Å²) in [4.78, 5) is 34.5. The molecule has 0 saturated carbocycles. The Morgan fingerprint density at radius 3 is 1.94 bits per heavy atom. The van der Waals surface area contributed by atoms with E-state index in [-0.39, 0.29) is 0 Å². The number of carbonyl (C=O) groups is 3. The molecular formula is C11H18N2O5. The molecule has 102 valence electrons. The first-order valence-corrected chi connectivity index (χ1v) is 5.79. The van der Waals surface area contributed by atoms with Crippen LogP contribution in [0.4, 0.5) is 0 Å². The van der Waals surface area contributed by atoms with Gasteiger partial charge in [-0.2, -0.15) is 0 Å². The summed E-state index contributed by atoms with van der Waals surface area (Å²) in [5.74, 6) is -2.81. The molecule has 3 N–H and O–H groups in total. The van der Waals surface area contributed by atoms with Crippen molar-refractivity contribution >= 4 is 17.8 Å². The third-order valence-corrected chi connectivity index (χ3v) is 3.16. The molecule has 0 atom stereocenters. The zero-order valence-corrected chi connectivity index (χ0v) is 10.3. The monoisotopic (exact) mass is 258 g/mol. The highest BCUT2D eigenvalue weighted by molar-refractivity contribution is 5.88. The highest BCUT2D eigenvalue weighted by Gasteiger charge is 2.38. The molecule has 1 saturated heterocycles. The second-order valence-corrected chi connectivity index (χ2v) is 4.76. The Bertz CT molecular complexity index is 333. The van der Waals surface area contributed by atoms with Crippen LogP contribution in [0.25, 0.3) is 0 Å². The fraction of sp³-hybridized carbons (Fsp3) is 0.727. The van der Waals surface area contributed by atoms with Crippen molar-refractivity contribution < 1.29 is 24.6 Å². The van der Waals surface area contributed by atoms with Crippen molar-refractivity contribution in [3.63, 3.8) is 0 Å². The molecule has 1 amide bonds. The van der Waals surface area contributed by atoms with E-state index < -0.39 is 36.4 Å². The molecular weight excluding hydrogens is 240 g/mol. The van der Waals surface area contributed by atoms with E-state index in [9.17, 15) is 14.4 Å². The number of carboxylic acids is 2. The van der Waals surface area contributed by atoms with Gasteiger partial charge in [-0.05, 0) is 25.9 Å². The van der Waals surface area contributed by atoms with E-state index >= 15 is 0 Å². The van der Waals surface area contributed by atoms with Gasteiger partial charge < -0.3 is 20.4 Å². The number of nitrogens with one attached hydrogen (secondary N) is 1. The Morgan fingerprint density at radius 1 is 1.11 bits per heavy atom. The van der Waals surface area contributed by atoms with Gasteiger partial charge in [0.25, 0.3) is 0 Å². The minimum atomic E-state index is -1.21. The molecule has 1 aliphatic rings. The van der Waals surface area contributed by atoms with Crippen molar-refractivity contribution in [2.24, 2.45) is 5.41 Å². The molecule has 0 radical (unpaired) electrons. The molecule has 0 bridgehead atoms. The Labute approximate surface area is 105 Å². The summed E-state index contributed by atoms with van der Waals surface area (Å²) >= 11 is 0. The second kappa shape index (κ2) is 5.81. The fourth-order valence-electron chi connectivity index (χ4n) is 2.10. The maximum absolute atomic E-state index is 12.3. The van der Waals surface area contributed by atoms with Crippen molar-refractivity contribution in [1.29, 1.82) is 0 Å². The van der Waals surface area contributed by atoms with E-state index in [4.69, 9.17) is 10.2 Å². The van der Waals surface area contributed by atoms with Crippen LogP contribution in [0, 0.1) is 5.41 Å². The molecule has 7 heteroatoms. The first kappa shape index (κ1) is 14.4. The number of hydrogen-bond acceptors (Lipinski definition) is 4. The number of aliphatic carboxylic acids is 2. The number of nitrogens with zero attached hydrogens (tertiary/aromatic N) is 1. The standard InChI is InChI=1S/C11H18N2O5/c1-11(2-4-12-5-3-11)10(18)13(6-8(14)15)7-9(16)17/h12H,2-7H2,1H3,(H,14,15)(H,16,17). The van der Waals surface area contributed by atoms with Gasteiger partial charge in [0.2, 0.25) is 5.91 Å². The van der Waals surface area contributed by atoms with Crippen molar-refractivity contribution in [2.75, 3.05) is 26.2 Å². The van der Waals surface area contributed by atoms with Crippen LogP contribution in [0.5, 0.6) is 0 Å². The van der Waals surface area contributed by atoms with Crippen LogP contribution in [-0.4, -0.2) is 59.1 Å². The predicted octanol–water partition coefficient (Wildman–Crippen LogP) is -0.626. The molecule has 1 rings (SSSR count). The Hall–Kier alpha value is -1.63. The van der Waals surface area contributed by atoms with Gasteiger partial charge in [-0.3, -0.25) is 14.4 Å². The summed E-state index contributed by atoms with van der Waals surface area (Å²) in [5, 5.41) is 20.6. The first-order valence-electron chi connectivity index (χ1n) is 5.79. The van der Waals surface area contributed by atoms with Crippen molar-refractivity contribution in [3.05, 3.63) is 0 Å². The predicted molar refractivity (Wildman–Crippen MR) is 62.1 cm³/mol. The van der Waals surface area contributed by atoms with E-state index in [1.807, 2.05) is 0 Å². The summed E-state index contributed by atoms with van der Waals surface area (Å²) in [6, 6.07) is 0. The Balaban J connectivity index is 2.79. The molecule has 0 spiro atoms. The summed E-state index contributed by atoms with van der Waals surface area (Å²) in [7, 11) is 0. The van der Waals surface area contributed by atoms with E-state index in [0.29, 0.717) is 25.9 Å². The van der Waals surface area contributed by atoms with Crippen LogP contribution >= 0.6 is 0 Å². The smallest absolute Gasteiger partial charge is 0.323 e. The molecule has 0 aliphatic carbocycles. The van der Waals surface area contributed by atoms with E-state index in [0.717, 1.165) is 4.90 Å². The van der Waals surface area contributed by atoms with E-state index in [2.05, 4.69) is 5.32 Å². The summed E-state index contributed by atoms with van der Waals surface area (Å²) in [6.07, 6.45) is 1.17. The average Bonchev–Trinajstić information content (AvgIpc) is 2.27. The average molecular weight is 258 g/mol. The van der Waals surface area contributed by atoms with Gasteiger partial charge in [-0.1, -0.05) is 6.92 Å². The Morgan fingerprint density at radius 2 is 1.56 bits per heavy atom. The molecule has 0 aromatic carbocycles. The lowest BCUT2D eigenvalue weighted by Gasteiger charge is -2.36.